The lowest BCUT2D eigenvalue weighted by Gasteiger charge is -2.08. The van der Waals surface area contributed by atoms with Crippen LogP contribution in [0, 0.1) is 6.92 Å². The summed E-state index contributed by atoms with van der Waals surface area (Å²) >= 11 is 0. The largest absolute Gasteiger partial charge is 0.438 e. The molecule has 0 fully saturated rings. The average Bonchev–Trinajstić information content (AvgIpc) is 2.88. The number of nitrogen functional groups attached to an aromatic ring is 1. The van der Waals surface area contributed by atoms with Gasteiger partial charge in [0.05, 0.1) is 6.21 Å². The highest BCUT2D eigenvalue weighted by Crippen LogP contribution is 2.28. The molecule has 3 rings (SSSR count). The molecule has 1 aromatic carbocycles. The lowest BCUT2D eigenvalue weighted by atomic mass is 10.2. The minimum absolute atomic E-state index is 0.268. The minimum Gasteiger partial charge on any atom is -0.438 e. The normalized spacial score (nSPS) is 11.2. The maximum absolute atomic E-state index is 5.83. The zero-order valence-corrected chi connectivity index (χ0v) is 12.2. The predicted molar refractivity (Wildman–Crippen MR) is 84.2 cm³/mol. The van der Waals surface area contributed by atoms with Crippen molar-refractivity contribution in [2.75, 3.05) is 12.8 Å². The Hall–Kier alpha value is -3.09. The summed E-state index contributed by atoms with van der Waals surface area (Å²) in [6.45, 7) is 2.03. The number of nitrogens with zero attached hydrogens (tertiary/aromatic N) is 3. The average molecular weight is 297 g/mol. The summed E-state index contributed by atoms with van der Waals surface area (Å²) in [5, 5.41) is 4.78. The fourth-order valence-electron chi connectivity index (χ4n) is 2.11. The molecule has 0 aliphatic heterocycles. The molecule has 7 nitrogen and oxygen atoms in total. The lowest BCUT2D eigenvalue weighted by molar-refractivity contribution is 0.215. The van der Waals surface area contributed by atoms with Crippen molar-refractivity contribution in [2.45, 2.75) is 6.92 Å². The number of ether oxygens (including phenoxy) is 1. The van der Waals surface area contributed by atoms with Gasteiger partial charge in [-0.3, -0.25) is 0 Å². The van der Waals surface area contributed by atoms with E-state index in [4.69, 9.17) is 10.5 Å². The lowest BCUT2D eigenvalue weighted by Crippen LogP contribution is -2.02. The Morgan fingerprint density at radius 3 is 3.00 bits per heavy atom. The van der Waals surface area contributed by atoms with E-state index >= 15 is 0 Å². The van der Waals surface area contributed by atoms with Gasteiger partial charge in [0.1, 0.15) is 30.6 Å². The van der Waals surface area contributed by atoms with Crippen molar-refractivity contribution in [3.8, 4) is 11.6 Å². The number of fused-ring (bicyclic) bond motifs is 1. The molecule has 112 valence electrons. The van der Waals surface area contributed by atoms with Crippen LogP contribution in [-0.2, 0) is 4.84 Å². The number of hydrogen-bond acceptors (Lipinski definition) is 6. The van der Waals surface area contributed by atoms with Crippen LogP contribution in [0.1, 0.15) is 11.1 Å². The van der Waals surface area contributed by atoms with E-state index in [1.165, 1.54) is 19.7 Å². The molecule has 2 aromatic heterocycles. The van der Waals surface area contributed by atoms with E-state index in [1.807, 2.05) is 31.3 Å². The van der Waals surface area contributed by atoms with E-state index in [2.05, 4.69) is 24.9 Å². The Balaban J connectivity index is 1.99. The Morgan fingerprint density at radius 2 is 2.18 bits per heavy atom. The molecule has 22 heavy (non-hydrogen) atoms. The van der Waals surface area contributed by atoms with Crippen molar-refractivity contribution in [1.29, 1.82) is 0 Å². The first-order valence-electron chi connectivity index (χ1n) is 6.61. The number of aromatic amines is 1. The molecule has 7 heteroatoms. The summed E-state index contributed by atoms with van der Waals surface area (Å²) in [4.78, 5) is 15.9. The van der Waals surface area contributed by atoms with Gasteiger partial charge in [-0.1, -0.05) is 5.16 Å². The van der Waals surface area contributed by atoms with Crippen molar-refractivity contribution in [1.82, 2.24) is 15.0 Å². The summed E-state index contributed by atoms with van der Waals surface area (Å²) < 4.78 is 5.83. The summed E-state index contributed by atoms with van der Waals surface area (Å²) in [6.07, 6.45) is 4.72. The summed E-state index contributed by atoms with van der Waals surface area (Å²) in [7, 11) is 1.44. The minimum atomic E-state index is 0.268. The molecular weight excluding hydrogens is 282 g/mol. The molecular formula is C15H15N5O2. The second-order valence-corrected chi connectivity index (χ2v) is 4.68. The van der Waals surface area contributed by atoms with Crippen molar-refractivity contribution in [3.63, 3.8) is 0 Å². The summed E-state index contributed by atoms with van der Waals surface area (Å²) in [5.41, 5.74) is 8.49. The van der Waals surface area contributed by atoms with Crippen LogP contribution in [0.3, 0.4) is 0 Å². The van der Waals surface area contributed by atoms with Crippen molar-refractivity contribution in [3.05, 3.63) is 41.9 Å². The van der Waals surface area contributed by atoms with Crippen LogP contribution < -0.4 is 10.5 Å². The molecule has 0 bridgehead atoms. The molecule has 0 aliphatic rings. The van der Waals surface area contributed by atoms with E-state index in [9.17, 15) is 0 Å². The number of rotatable bonds is 4. The fourth-order valence-corrected chi connectivity index (χ4v) is 2.11. The number of nitrogens with one attached hydrogen (secondary N) is 1. The molecule has 2 heterocycles. The summed E-state index contributed by atoms with van der Waals surface area (Å²) in [5.74, 6) is 1.24. The maximum Gasteiger partial charge on any atom is 0.233 e. The SMILES string of the molecule is CON=Cc1c(N)ncnc1Oc1ccc2[nH]cc(C)c2c1. The molecule has 0 spiro atoms. The number of benzene rings is 1. The third-order valence-corrected chi connectivity index (χ3v) is 3.24. The van der Waals surface area contributed by atoms with E-state index in [0.29, 0.717) is 17.2 Å². The Morgan fingerprint density at radius 1 is 1.32 bits per heavy atom. The second-order valence-electron chi connectivity index (χ2n) is 4.68. The van der Waals surface area contributed by atoms with Gasteiger partial charge < -0.3 is 20.3 Å². The Kier molecular flexibility index (Phi) is 3.61. The molecule has 3 aromatic rings. The Bertz CT molecular complexity index is 841. The quantitative estimate of drug-likeness (QED) is 0.569. The number of aryl methyl sites for hydroxylation is 1. The van der Waals surface area contributed by atoms with Crippen LogP contribution in [-0.4, -0.2) is 28.3 Å². The number of oxime groups is 1. The van der Waals surface area contributed by atoms with Gasteiger partial charge in [-0.2, -0.15) is 0 Å². The predicted octanol–water partition coefficient (Wildman–Crippen LogP) is 2.62. The van der Waals surface area contributed by atoms with Crippen molar-refractivity contribution >= 4 is 22.9 Å². The number of aromatic nitrogens is 3. The fraction of sp³-hybridized carbons (Fsp3) is 0.133. The highest BCUT2D eigenvalue weighted by molar-refractivity contribution is 5.88. The van der Waals surface area contributed by atoms with E-state index in [-0.39, 0.29) is 5.82 Å². The van der Waals surface area contributed by atoms with Gasteiger partial charge in [0.15, 0.2) is 0 Å². The number of anilines is 1. The topological polar surface area (TPSA) is 98.4 Å². The van der Waals surface area contributed by atoms with Gasteiger partial charge in [-0.15, -0.1) is 0 Å². The van der Waals surface area contributed by atoms with Crippen LogP contribution in [0.25, 0.3) is 10.9 Å². The van der Waals surface area contributed by atoms with Gasteiger partial charge >= 0.3 is 0 Å². The first kappa shape index (κ1) is 13.9. The number of H-pyrrole nitrogens is 1. The maximum atomic E-state index is 5.83. The smallest absolute Gasteiger partial charge is 0.233 e. The number of nitrogens with two attached hydrogens (primary N) is 1. The second kappa shape index (κ2) is 5.72. The highest BCUT2D eigenvalue weighted by Gasteiger charge is 2.11. The first-order chi connectivity index (χ1) is 10.7. The van der Waals surface area contributed by atoms with Crippen LogP contribution in [0.4, 0.5) is 5.82 Å². The third-order valence-electron chi connectivity index (χ3n) is 3.24. The molecule has 3 N–H and O–H groups in total. The molecule has 0 saturated heterocycles. The molecule has 0 saturated carbocycles. The summed E-state index contributed by atoms with van der Waals surface area (Å²) in [6, 6.07) is 5.75. The van der Waals surface area contributed by atoms with Gasteiger partial charge in [0.25, 0.3) is 0 Å². The van der Waals surface area contributed by atoms with Crippen LogP contribution in [0.15, 0.2) is 35.9 Å². The van der Waals surface area contributed by atoms with Gasteiger partial charge in [0.2, 0.25) is 5.88 Å². The highest BCUT2D eigenvalue weighted by atomic mass is 16.6. The third kappa shape index (κ3) is 2.56. The van der Waals surface area contributed by atoms with Gasteiger partial charge in [-0.05, 0) is 30.7 Å². The zero-order chi connectivity index (χ0) is 15.5. The molecule has 0 radical (unpaired) electrons. The van der Waals surface area contributed by atoms with Crippen LogP contribution in [0.2, 0.25) is 0 Å². The molecule has 0 amide bonds. The van der Waals surface area contributed by atoms with Crippen LogP contribution in [0.5, 0.6) is 11.6 Å². The van der Waals surface area contributed by atoms with Crippen LogP contribution >= 0.6 is 0 Å². The van der Waals surface area contributed by atoms with Gasteiger partial charge in [0, 0.05) is 17.1 Å². The van der Waals surface area contributed by atoms with Crippen molar-refractivity contribution in [2.24, 2.45) is 5.16 Å². The monoisotopic (exact) mass is 297 g/mol. The molecule has 0 unspecified atom stereocenters. The Labute approximate surface area is 126 Å². The number of hydrogen-bond donors (Lipinski definition) is 2. The van der Waals surface area contributed by atoms with E-state index in [1.54, 1.807) is 0 Å². The standard InChI is InChI=1S/C15H15N5O2/c1-9-6-17-13-4-3-10(5-11(9)13)22-15-12(7-20-21-2)14(16)18-8-19-15/h3-8,17H,1-2H3,(H2,16,18,19). The molecule has 0 atom stereocenters. The van der Waals surface area contributed by atoms with E-state index < -0.39 is 0 Å². The van der Waals surface area contributed by atoms with Crippen molar-refractivity contribution < 1.29 is 9.57 Å². The first-order valence-corrected chi connectivity index (χ1v) is 6.61. The molecule has 0 aliphatic carbocycles. The zero-order valence-electron chi connectivity index (χ0n) is 12.2. The van der Waals surface area contributed by atoms with Gasteiger partial charge in [-0.25, -0.2) is 9.97 Å². The van der Waals surface area contributed by atoms with E-state index in [0.717, 1.165) is 16.5 Å².